The van der Waals surface area contributed by atoms with Gasteiger partial charge in [0.1, 0.15) is 12.4 Å². The second-order valence-electron chi connectivity index (χ2n) is 7.38. The van der Waals surface area contributed by atoms with Crippen molar-refractivity contribution >= 4 is 17.5 Å². The molecule has 7 heteroatoms. The third-order valence-corrected chi connectivity index (χ3v) is 5.63. The fourth-order valence-electron chi connectivity index (χ4n) is 4.01. The first-order valence-corrected chi connectivity index (χ1v) is 9.76. The summed E-state index contributed by atoms with van der Waals surface area (Å²) < 4.78 is 19.5. The van der Waals surface area contributed by atoms with E-state index in [0.717, 1.165) is 18.8 Å². The molecule has 0 spiro atoms. The number of para-hydroxylation sites is 1. The van der Waals surface area contributed by atoms with Gasteiger partial charge in [0.15, 0.2) is 6.10 Å². The molecule has 2 aromatic carbocycles. The molecule has 152 valence electrons. The highest BCUT2D eigenvalue weighted by atomic mass is 19.1. The zero-order valence-corrected chi connectivity index (χ0v) is 16.3. The summed E-state index contributed by atoms with van der Waals surface area (Å²) >= 11 is 0. The Morgan fingerprint density at radius 3 is 2.45 bits per heavy atom. The van der Waals surface area contributed by atoms with E-state index in [-0.39, 0.29) is 18.4 Å². The lowest BCUT2D eigenvalue weighted by Gasteiger charge is -2.42. The molecule has 6 nitrogen and oxygen atoms in total. The van der Waals surface area contributed by atoms with Crippen LogP contribution in [-0.2, 0) is 14.3 Å². The number of ether oxygens (including phenoxy) is 1. The topological polar surface area (TPSA) is 53.1 Å². The summed E-state index contributed by atoms with van der Waals surface area (Å²) in [7, 11) is 1.63. The fraction of sp³-hybridized carbons (Fsp3) is 0.364. The highest BCUT2D eigenvalue weighted by Crippen LogP contribution is 2.31. The summed E-state index contributed by atoms with van der Waals surface area (Å²) in [5.41, 5.74) is 1.69. The monoisotopic (exact) mass is 397 g/mol. The van der Waals surface area contributed by atoms with Crippen molar-refractivity contribution in [2.45, 2.75) is 12.1 Å². The van der Waals surface area contributed by atoms with Gasteiger partial charge in [-0.25, -0.2) is 4.39 Å². The van der Waals surface area contributed by atoms with Crippen molar-refractivity contribution in [2.24, 2.45) is 0 Å². The van der Waals surface area contributed by atoms with Crippen LogP contribution >= 0.6 is 0 Å². The Kier molecular flexibility index (Phi) is 5.49. The molecule has 0 saturated carbocycles. The average molecular weight is 397 g/mol. The minimum atomic E-state index is -0.845. The number of hydrogen-bond acceptors (Lipinski definition) is 4. The summed E-state index contributed by atoms with van der Waals surface area (Å²) in [5, 5.41) is 0. The second kappa shape index (κ2) is 8.21. The highest BCUT2D eigenvalue weighted by molar-refractivity contribution is 5.86. The number of anilines is 1. The molecule has 2 atom stereocenters. The minimum Gasteiger partial charge on any atom is -0.368 e. The number of amides is 2. The van der Waals surface area contributed by atoms with Gasteiger partial charge < -0.3 is 19.4 Å². The van der Waals surface area contributed by atoms with Crippen molar-refractivity contribution < 1.29 is 18.7 Å². The zero-order chi connectivity index (χ0) is 20.4. The number of morpholine rings is 1. The van der Waals surface area contributed by atoms with Crippen LogP contribution in [0.5, 0.6) is 0 Å². The van der Waals surface area contributed by atoms with Gasteiger partial charge in [0.25, 0.3) is 5.91 Å². The molecule has 2 aliphatic rings. The molecule has 2 fully saturated rings. The van der Waals surface area contributed by atoms with Crippen LogP contribution in [0.15, 0.2) is 54.6 Å². The molecule has 0 aromatic heterocycles. The van der Waals surface area contributed by atoms with Crippen molar-refractivity contribution in [2.75, 3.05) is 44.7 Å². The summed E-state index contributed by atoms with van der Waals surface area (Å²) in [6.45, 7) is 2.44. The van der Waals surface area contributed by atoms with Crippen LogP contribution < -0.4 is 4.90 Å². The maximum atomic E-state index is 13.8. The third kappa shape index (κ3) is 3.96. The van der Waals surface area contributed by atoms with E-state index in [1.165, 1.54) is 17.0 Å². The zero-order valence-electron chi connectivity index (χ0n) is 16.3. The van der Waals surface area contributed by atoms with Crippen LogP contribution in [0.3, 0.4) is 0 Å². The lowest BCUT2D eigenvalue weighted by atomic mass is 9.97. The van der Waals surface area contributed by atoms with Crippen LogP contribution in [0.2, 0.25) is 0 Å². The average Bonchev–Trinajstić information content (AvgIpc) is 2.76. The summed E-state index contributed by atoms with van der Waals surface area (Å²) in [6, 6.07) is 15.5. The number of halogens is 1. The van der Waals surface area contributed by atoms with Crippen LogP contribution in [-0.4, -0.2) is 67.6 Å². The Hall–Kier alpha value is -2.93. The lowest BCUT2D eigenvalue weighted by Crippen LogP contribution is -2.57. The Balaban J connectivity index is 1.50. The molecule has 29 heavy (non-hydrogen) atoms. The number of carbonyl (C=O) groups is 2. The van der Waals surface area contributed by atoms with E-state index in [1.807, 2.05) is 18.2 Å². The molecular weight excluding hydrogens is 373 g/mol. The van der Waals surface area contributed by atoms with E-state index in [9.17, 15) is 14.0 Å². The third-order valence-electron chi connectivity index (χ3n) is 5.63. The molecule has 0 unspecified atom stereocenters. The molecule has 2 amide bonds. The molecule has 0 radical (unpaired) electrons. The summed E-state index contributed by atoms with van der Waals surface area (Å²) in [5.74, 6) is -0.792. The largest absolute Gasteiger partial charge is 0.368 e. The molecule has 2 heterocycles. The highest BCUT2D eigenvalue weighted by Gasteiger charge is 2.42. The van der Waals surface area contributed by atoms with Crippen molar-refractivity contribution in [1.29, 1.82) is 0 Å². The van der Waals surface area contributed by atoms with Gasteiger partial charge in [0.2, 0.25) is 5.91 Å². The SMILES string of the molecule is CN1C(=O)CO[C@H](C(=O)N2CCN(c3ccccc3)CC2)[C@@H]1c1cccc(F)c1. The van der Waals surface area contributed by atoms with E-state index in [4.69, 9.17) is 4.74 Å². The quantitative estimate of drug-likeness (QED) is 0.796. The van der Waals surface area contributed by atoms with Crippen LogP contribution in [0.1, 0.15) is 11.6 Å². The standard InChI is InChI=1S/C22H24FN3O3/c1-24-19(27)15-29-21(20(24)16-6-5-7-17(23)14-16)22(28)26-12-10-25(11-13-26)18-8-3-2-4-9-18/h2-9,14,20-21H,10-13,15H2,1H3/t20-,21-/m0/s1. The number of carbonyl (C=O) groups excluding carboxylic acids is 2. The molecule has 0 aliphatic carbocycles. The summed E-state index contributed by atoms with van der Waals surface area (Å²) in [6.07, 6.45) is -0.845. The fourth-order valence-corrected chi connectivity index (χ4v) is 4.01. The van der Waals surface area contributed by atoms with E-state index in [0.29, 0.717) is 18.7 Å². The van der Waals surface area contributed by atoms with Gasteiger partial charge in [-0.1, -0.05) is 30.3 Å². The van der Waals surface area contributed by atoms with Gasteiger partial charge in [-0.2, -0.15) is 0 Å². The van der Waals surface area contributed by atoms with Crippen LogP contribution in [0, 0.1) is 5.82 Å². The van der Waals surface area contributed by atoms with Gasteiger partial charge in [0, 0.05) is 38.9 Å². The molecule has 0 N–H and O–H groups in total. The van der Waals surface area contributed by atoms with Gasteiger partial charge in [-0.3, -0.25) is 9.59 Å². The predicted molar refractivity (Wildman–Crippen MR) is 107 cm³/mol. The Morgan fingerprint density at radius 1 is 1.03 bits per heavy atom. The van der Waals surface area contributed by atoms with Gasteiger partial charge in [-0.15, -0.1) is 0 Å². The number of rotatable bonds is 3. The smallest absolute Gasteiger partial charge is 0.254 e. The molecular formula is C22H24FN3O3. The van der Waals surface area contributed by atoms with E-state index in [1.54, 1.807) is 24.1 Å². The van der Waals surface area contributed by atoms with Gasteiger partial charge in [0.05, 0.1) is 6.04 Å². The number of nitrogens with zero attached hydrogens (tertiary/aromatic N) is 3. The van der Waals surface area contributed by atoms with Crippen molar-refractivity contribution in [3.8, 4) is 0 Å². The summed E-state index contributed by atoms with van der Waals surface area (Å²) in [4.78, 5) is 31.0. The van der Waals surface area contributed by atoms with Crippen LogP contribution in [0.4, 0.5) is 10.1 Å². The predicted octanol–water partition coefficient (Wildman–Crippen LogP) is 2.07. The first kappa shape index (κ1) is 19.4. The second-order valence-corrected chi connectivity index (χ2v) is 7.38. The number of hydrogen-bond donors (Lipinski definition) is 0. The Bertz CT molecular complexity index is 884. The molecule has 2 saturated heterocycles. The maximum absolute atomic E-state index is 13.8. The van der Waals surface area contributed by atoms with Crippen molar-refractivity contribution in [3.63, 3.8) is 0 Å². The molecule has 2 aliphatic heterocycles. The van der Waals surface area contributed by atoms with Crippen molar-refractivity contribution in [3.05, 3.63) is 66.0 Å². The number of benzene rings is 2. The van der Waals surface area contributed by atoms with E-state index >= 15 is 0 Å². The Morgan fingerprint density at radius 2 is 1.76 bits per heavy atom. The number of likely N-dealkylation sites (N-methyl/N-ethyl adjacent to an activating group) is 1. The minimum absolute atomic E-state index is 0.150. The molecule has 4 rings (SSSR count). The number of piperazine rings is 1. The van der Waals surface area contributed by atoms with Crippen LogP contribution in [0.25, 0.3) is 0 Å². The Labute approximate surface area is 169 Å². The van der Waals surface area contributed by atoms with E-state index < -0.39 is 18.0 Å². The first-order chi connectivity index (χ1) is 14.0. The molecule has 2 aromatic rings. The van der Waals surface area contributed by atoms with Gasteiger partial charge >= 0.3 is 0 Å². The lowest BCUT2D eigenvalue weighted by molar-refractivity contribution is -0.167. The van der Waals surface area contributed by atoms with Gasteiger partial charge in [-0.05, 0) is 29.8 Å². The van der Waals surface area contributed by atoms with E-state index in [2.05, 4.69) is 17.0 Å². The maximum Gasteiger partial charge on any atom is 0.254 e. The molecule has 0 bridgehead atoms. The first-order valence-electron chi connectivity index (χ1n) is 9.76. The normalized spacial score (nSPS) is 22.7. The van der Waals surface area contributed by atoms with Crippen molar-refractivity contribution in [1.82, 2.24) is 9.80 Å².